The first-order chi connectivity index (χ1) is 16.8. The number of hydrogen-bond donors (Lipinski definition) is 1. The molecule has 0 radical (unpaired) electrons. The van der Waals surface area contributed by atoms with Gasteiger partial charge in [0, 0.05) is 26.1 Å². The molecule has 2 aromatic rings. The summed E-state index contributed by atoms with van der Waals surface area (Å²) in [6, 6.07) is 17.9. The van der Waals surface area contributed by atoms with Crippen LogP contribution in [0.5, 0.6) is 0 Å². The lowest BCUT2D eigenvalue weighted by atomic mass is 9.87. The van der Waals surface area contributed by atoms with Gasteiger partial charge in [-0.1, -0.05) is 75.4 Å². The summed E-state index contributed by atoms with van der Waals surface area (Å²) in [5.74, 6) is -0.0108. The number of amides is 1. The molecule has 0 aliphatic carbocycles. The van der Waals surface area contributed by atoms with Crippen LogP contribution in [0.25, 0.3) is 0 Å². The molecule has 0 unspecified atom stereocenters. The quantitative estimate of drug-likeness (QED) is 0.500. The van der Waals surface area contributed by atoms with E-state index in [1.54, 1.807) is 14.2 Å². The van der Waals surface area contributed by atoms with Crippen molar-refractivity contribution in [1.82, 2.24) is 5.32 Å². The van der Waals surface area contributed by atoms with Gasteiger partial charge in [-0.05, 0) is 44.4 Å². The Hall–Kier alpha value is -2.25. The lowest BCUT2D eigenvalue weighted by Crippen LogP contribution is -2.53. The predicted octanol–water partition coefficient (Wildman–Crippen LogP) is 5.44. The van der Waals surface area contributed by atoms with E-state index in [9.17, 15) is 4.79 Å². The van der Waals surface area contributed by atoms with Gasteiger partial charge < -0.3 is 24.3 Å². The van der Waals surface area contributed by atoms with Crippen molar-refractivity contribution in [2.45, 2.75) is 90.6 Å². The number of carbonyl (C=O) groups is 1. The number of hydrogen-bond acceptors (Lipinski definition) is 5. The van der Waals surface area contributed by atoms with Crippen molar-refractivity contribution in [3.63, 3.8) is 0 Å². The third-order valence-electron chi connectivity index (χ3n) is 7.14. The first kappa shape index (κ1) is 28.3. The molecule has 198 valence electrons. The fraction of sp³-hybridized carbons (Fsp3) is 0.567. The molecule has 0 spiro atoms. The van der Waals surface area contributed by atoms with Crippen LogP contribution in [0.4, 0.5) is 0 Å². The van der Waals surface area contributed by atoms with E-state index in [4.69, 9.17) is 18.9 Å². The van der Waals surface area contributed by atoms with Gasteiger partial charge in [-0.2, -0.15) is 0 Å². The molecule has 36 heavy (non-hydrogen) atoms. The third kappa shape index (κ3) is 6.35. The zero-order valence-corrected chi connectivity index (χ0v) is 23.3. The van der Waals surface area contributed by atoms with Crippen molar-refractivity contribution in [2.75, 3.05) is 14.2 Å². The summed E-state index contributed by atoms with van der Waals surface area (Å²) in [5.41, 5.74) is 1.44. The van der Waals surface area contributed by atoms with Crippen molar-refractivity contribution in [2.24, 2.45) is 5.41 Å². The molecule has 1 saturated heterocycles. The Kier molecular flexibility index (Phi) is 8.67. The zero-order chi connectivity index (χ0) is 26.7. The molecule has 3 rings (SSSR count). The van der Waals surface area contributed by atoms with Gasteiger partial charge in [0.05, 0.1) is 17.2 Å². The summed E-state index contributed by atoms with van der Waals surface area (Å²) >= 11 is 0. The highest BCUT2D eigenvalue weighted by Gasteiger charge is 2.52. The van der Waals surface area contributed by atoms with Crippen LogP contribution in [0.3, 0.4) is 0 Å². The molecule has 1 amide bonds. The van der Waals surface area contributed by atoms with E-state index in [1.807, 2.05) is 90.9 Å². The van der Waals surface area contributed by atoms with Crippen molar-refractivity contribution in [3.05, 3.63) is 71.3 Å². The maximum Gasteiger partial charge on any atom is 0.226 e. The number of benzene rings is 2. The highest BCUT2D eigenvalue weighted by molar-refractivity contribution is 5.82. The van der Waals surface area contributed by atoms with E-state index >= 15 is 0 Å². The monoisotopic (exact) mass is 497 g/mol. The third-order valence-corrected chi connectivity index (χ3v) is 7.14. The predicted molar refractivity (Wildman–Crippen MR) is 142 cm³/mol. The number of ether oxygens (including phenoxy) is 4. The van der Waals surface area contributed by atoms with Crippen molar-refractivity contribution in [1.29, 1.82) is 0 Å². The molecule has 1 aliphatic heterocycles. The summed E-state index contributed by atoms with van der Waals surface area (Å²) in [6.07, 6.45) is -0.600. The molecule has 0 bridgehead atoms. The largest absolute Gasteiger partial charge is 0.376 e. The Bertz CT molecular complexity index is 987. The van der Waals surface area contributed by atoms with Gasteiger partial charge in [0.1, 0.15) is 12.2 Å². The van der Waals surface area contributed by atoms with Crippen LogP contribution < -0.4 is 5.32 Å². The van der Waals surface area contributed by atoms with Gasteiger partial charge in [0.15, 0.2) is 6.29 Å². The fourth-order valence-electron chi connectivity index (χ4n) is 4.40. The van der Waals surface area contributed by atoms with Gasteiger partial charge in [-0.3, -0.25) is 4.79 Å². The van der Waals surface area contributed by atoms with Crippen LogP contribution >= 0.6 is 0 Å². The minimum Gasteiger partial charge on any atom is -0.376 e. The van der Waals surface area contributed by atoms with E-state index < -0.39 is 22.9 Å². The second-order valence-corrected chi connectivity index (χ2v) is 11.6. The van der Waals surface area contributed by atoms with Crippen molar-refractivity contribution < 1.29 is 23.7 Å². The Morgan fingerprint density at radius 1 is 0.833 bits per heavy atom. The topological polar surface area (TPSA) is 66.0 Å². The molecular formula is C30H43NO5. The number of methoxy groups -OCH3 is 2. The van der Waals surface area contributed by atoms with E-state index in [2.05, 4.69) is 17.4 Å². The van der Waals surface area contributed by atoms with Crippen molar-refractivity contribution >= 4 is 5.91 Å². The average molecular weight is 498 g/mol. The molecule has 3 atom stereocenters. The van der Waals surface area contributed by atoms with E-state index in [1.165, 1.54) is 0 Å². The molecule has 6 heteroatoms. The first-order valence-electron chi connectivity index (χ1n) is 12.6. The van der Waals surface area contributed by atoms with Crippen LogP contribution in [0.2, 0.25) is 0 Å². The SMILES string of the molecule is COC(C)(C)[C@@H]1OC(Cc2ccccc2[C@@H](NC(=O)C(C)(C)C)c2ccccc2)O[C@H]1C(C)(C)OC. The van der Waals surface area contributed by atoms with Crippen LogP contribution in [0.15, 0.2) is 54.6 Å². The Morgan fingerprint density at radius 3 is 1.83 bits per heavy atom. The summed E-state index contributed by atoms with van der Waals surface area (Å²) in [4.78, 5) is 13.1. The summed E-state index contributed by atoms with van der Waals surface area (Å²) in [6.45, 7) is 13.8. The van der Waals surface area contributed by atoms with Gasteiger partial charge >= 0.3 is 0 Å². The number of carbonyl (C=O) groups excluding carboxylic acids is 1. The lowest BCUT2D eigenvalue weighted by Gasteiger charge is -2.38. The molecule has 1 fully saturated rings. The minimum absolute atomic E-state index is 0.0108. The Balaban J connectivity index is 1.95. The summed E-state index contributed by atoms with van der Waals surface area (Å²) < 4.78 is 24.5. The lowest BCUT2D eigenvalue weighted by molar-refractivity contribution is -0.132. The zero-order valence-electron chi connectivity index (χ0n) is 23.3. The second kappa shape index (κ2) is 11.0. The van der Waals surface area contributed by atoms with Gasteiger partial charge in [-0.25, -0.2) is 0 Å². The van der Waals surface area contributed by atoms with E-state index in [-0.39, 0.29) is 24.2 Å². The van der Waals surface area contributed by atoms with E-state index in [0.717, 1.165) is 16.7 Å². The second-order valence-electron chi connectivity index (χ2n) is 11.6. The first-order valence-corrected chi connectivity index (χ1v) is 12.6. The van der Waals surface area contributed by atoms with Crippen LogP contribution in [0.1, 0.15) is 71.2 Å². The van der Waals surface area contributed by atoms with Gasteiger partial charge in [0.25, 0.3) is 0 Å². The summed E-state index contributed by atoms with van der Waals surface area (Å²) in [5, 5.41) is 3.28. The molecule has 0 saturated carbocycles. The maximum atomic E-state index is 13.1. The van der Waals surface area contributed by atoms with E-state index in [0.29, 0.717) is 6.42 Å². The molecule has 1 aliphatic rings. The fourth-order valence-corrected chi connectivity index (χ4v) is 4.40. The minimum atomic E-state index is -0.567. The smallest absolute Gasteiger partial charge is 0.226 e. The Morgan fingerprint density at radius 2 is 1.33 bits per heavy atom. The number of nitrogens with one attached hydrogen (secondary N) is 1. The highest BCUT2D eigenvalue weighted by atomic mass is 16.7. The summed E-state index contributed by atoms with van der Waals surface area (Å²) in [7, 11) is 3.37. The van der Waals surface area contributed by atoms with Crippen LogP contribution in [0, 0.1) is 5.41 Å². The van der Waals surface area contributed by atoms with Crippen molar-refractivity contribution in [3.8, 4) is 0 Å². The molecule has 2 aromatic carbocycles. The van der Waals surface area contributed by atoms with Crippen LogP contribution in [-0.4, -0.2) is 49.8 Å². The van der Waals surface area contributed by atoms with Gasteiger partial charge in [-0.15, -0.1) is 0 Å². The highest BCUT2D eigenvalue weighted by Crippen LogP contribution is 2.38. The normalized spacial score (nSPS) is 20.4. The molecule has 6 nitrogen and oxygen atoms in total. The molecular weight excluding hydrogens is 454 g/mol. The molecule has 1 N–H and O–H groups in total. The molecule has 1 heterocycles. The molecule has 0 aromatic heterocycles. The van der Waals surface area contributed by atoms with Gasteiger partial charge in [0.2, 0.25) is 5.91 Å². The number of rotatable bonds is 9. The average Bonchev–Trinajstić information content (AvgIpc) is 3.28. The standard InChI is InChI=1S/C30H43NO5/c1-28(2,3)27(32)31-24(20-15-11-10-12-16-20)22-18-14-13-17-21(22)19-23-35-25(29(4,5)33-8)26(36-23)30(6,7)34-9/h10-18,23-26H,19H2,1-9H3,(H,31,32)/t24-,25+,26+/m0/s1. The van der Waals surface area contributed by atoms with Crippen LogP contribution in [-0.2, 0) is 30.2 Å². The Labute approximate surface area is 216 Å². The maximum absolute atomic E-state index is 13.1.